The molecule has 1 fully saturated rings. The maximum absolute atomic E-state index is 11.8. The molecule has 1 aromatic carbocycles. The third-order valence-corrected chi connectivity index (χ3v) is 3.26. The second-order valence-electron chi connectivity index (χ2n) is 4.48. The monoisotopic (exact) mass is 241 g/mol. The highest BCUT2D eigenvalue weighted by atomic mass is 16.2. The summed E-state index contributed by atoms with van der Waals surface area (Å²) in [6.45, 7) is 2.72. The number of carbonyl (C=O) groups is 1. The standard InChI is InChI=1S/C14H15N3O/c18-13-9-15-7-8-17(13)10-12-4-1-3-11-5-2-6-16-14(11)12/h1-6,15H,7-10H2. The summed E-state index contributed by atoms with van der Waals surface area (Å²) in [4.78, 5) is 18.1. The molecular formula is C14H15N3O. The van der Waals surface area contributed by atoms with Crippen LogP contribution in [0.3, 0.4) is 0 Å². The van der Waals surface area contributed by atoms with Gasteiger partial charge in [0, 0.05) is 31.2 Å². The van der Waals surface area contributed by atoms with Crippen LogP contribution in [0.5, 0.6) is 0 Å². The van der Waals surface area contributed by atoms with Gasteiger partial charge in [-0.15, -0.1) is 0 Å². The first-order valence-corrected chi connectivity index (χ1v) is 6.16. The van der Waals surface area contributed by atoms with E-state index in [4.69, 9.17) is 0 Å². The molecule has 0 saturated carbocycles. The number of pyridine rings is 1. The third kappa shape index (κ3) is 2.07. The van der Waals surface area contributed by atoms with Gasteiger partial charge in [-0.1, -0.05) is 24.3 Å². The van der Waals surface area contributed by atoms with E-state index in [-0.39, 0.29) is 5.91 Å². The van der Waals surface area contributed by atoms with E-state index in [1.165, 1.54) is 0 Å². The van der Waals surface area contributed by atoms with E-state index < -0.39 is 0 Å². The maximum atomic E-state index is 11.8. The lowest BCUT2D eigenvalue weighted by molar-refractivity contribution is -0.132. The minimum Gasteiger partial charge on any atom is -0.336 e. The molecule has 1 aliphatic heterocycles. The molecule has 0 bridgehead atoms. The molecule has 0 aliphatic carbocycles. The van der Waals surface area contributed by atoms with E-state index in [1.807, 2.05) is 35.2 Å². The largest absolute Gasteiger partial charge is 0.336 e. The van der Waals surface area contributed by atoms with Crippen LogP contribution in [0.4, 0.5) is 0 Å². The number of amides is 1. The molecule has 1 aliphatic rings. The molecule has 0 spiro atoms. The first-order valence-electron chi connectivity index (χ1n) is 6.16. The van der Waals surface area contributed by atoms with Gasteiger partial charge in [0.05, 0.1) is 12.1 Å². The summed E-state index contributed by atoms with van der Waals surface area (Å²) in [7, 11) is 0. The Morgan fingerprint density at radius 3 is 3.06 bits per heavy atom. The summed E-state index contributed by atoms with van der Waals surface area (Å²) in [5.41, 5.74) is 2.11. The van der Waals surface area contributed by atoms with Crippen molar-refractivity contribution in [2.75, 3.05) is 19.6 Å². The molecule has 1 aromatic heterocycles. The summed E-state index contributed by atoms with van der Waals surface area (Å²) in [6.07, 6.45) is 1.80. The van der Waals surface area contributed by atoms with Gasteiger partial charge in [0.1, 0.15) is 0 Å². The summed E-state index contributed by atoms with van der Waals surface area (Å²) >= 11 is 0. The molecule has 4 nitrogen and oxygen atoms in total. The zero-order chi connectivity index (χ0) is 12.4. The number of piperazine rings is 1. The van der Waals surface area contributed by atoms with Crippen LogP contribution < -0.4 is 5.32 Å². The van der Waals surface area contributed by atoms with Gasteiger partial charge >= 0.3 is 0 Å². The third-order valence-electron chi connectivity index (χ3n) is 3.26. The number of rotatable bonds is 2. The van der Waals surface area contributed by atoms with E-state index in [0.717, 1.165) is 29.6 Å². The molecular weight excluding hydrogens is 226 g/mol. The summed E-state index contributed by atoms with van der Waals surface area (Å²) in [5.74, 6) is 0.161. The Balaban J connectivity index is 1.92. The quantitative estimate of drug-likeness (QED) is 0.858. The van der Waals surface area contributed by atoms with Gasteiger partial charge in [-0.3, -0.25) is 9.78 Å². The number of benzene rings is 1. The number of hydrogen-bond donors (Lipinski definition) is 1. The number of hydrogen-bond acceptors (Lipinski definition) is 3. The maximum Gasteiger partial charge on any atom is 0.236 e. The van der Waals surface area contributed by atoms with Crippen molar-refractivity contribution < 1.29 is 4.79 Å². The number of fused-ring (bicyclic) bond motifs is 1. The van der Waals surface area contributed by atoms with Crippen molar-refractivity contribution in [3.8, 4) is 0 Å². The van der Waals surface area contributed by atoms with Crippen LogP contribution in [0.15, 0.2) is 36.5 Å². The van der Waals surface area contributed by atoms with E-state index in [1.54, 1.807) is 6.20 Å². The number of nitrogens with one attached hydrogen (secondary N) is 1. The minimum atomic E-state index is 0.161. The van der Waals surface area contributed by atoms with E-state index in [9.17, 15) is 4.79 Å². The first-order chi connectivity index (χ1) is 8.84. The van der Waals surface area contributed by atoms with Gasteiger partial charge in [0.25, 0.3) is 0 Å². The van der Waals surface area contributed by atoms with Gasteiger partial charge in [0.2, 0.25) is 5.91 Å². The molecule has 3 rings (SSSR count). The molecule has 2 heterocycles. The molecule has 0 atom stereocenters. The smallest absolute Gasteiger partial charge is 0.236 e. The molecule has 2 aromatic rings. The summed E-state index contributed by atoms with van der Waals surface area (Å²) < 4.78 is 0. The highest BCUT2D eigenvalue weighted by Gasteiger charge is 2.18. The van der Waals surface area contributed by atoms with Crippen molar-refractivity contribution in [1.29, 1.82) is 0 Å². The second-order valence-corrected chi connectivity index (χ2v) is 4.48. The van der Waals surface area contributed by atoms with Crippen LogP contribution in [0.25, 0.3) is 10.9 Å². The van der Waals surface area contributed by atoms with Crippen molar-refractivity contribution in [2.24, 2.45) is 0 Å². The molecule has 0 radical (unpaired) electrons. The molecule has 1 N–H and O–H groups in total. The fourth-order valence-corrected chi connectivity index (χ4v) is 2.31. The average Bonchev–Trinajstić information content (AvgIpc) is 2.42. The molecule has 1 amide bonds. The fraction of sp³-hybridized carbons (Fsp3) is 0.286. The van der Waals surface area contributed by atoms with Crippen LogP contribution in [0.1, 0.15) is 5.56 Å². The predicted octanol–water partition coefficient (Wildman–Crippen LogP) is 1.17. The Morgan fingerprint density at radius 1 is 1.28 bits per heavy atom. The number of para-hydroxylation sites is 1. The molecule has 1 saturated heterocycles. The number of carbonyl (C=O) groups excluding carboxylic acids is 1. The number of aromatic nitrogens is 1. The lowest BCUT2D eigenvalue weighted by Crippen LogP contribution is -2.47. The summed E-state index contributed by atoms with van der Waals surface area (Å²) in [6, 6.07) is 10.1. The Morgan fingerprint density at radius 2 is 2.17 bits per heavy atom. The van der Waals surface area contributed by atoms with Crippen molar-refractivity contribution in [2.45, 2.75) is 6.54 Å². The molecule has 18 heavy (non-hydrogen) atoms. The van der Waals surface area contributed by atoms with E-state index in [0.29, 0.717) is 13.1 Å². The Bertz CT molecular complexity index is 577. The Kier molecular flexibility index (Phi) is 2.94. The Hall–Kier alpha value is -1.94. The van der Waals surface area contributed by atoms with Crippen LogP contribution in [-0.4, -0.2) is 35.4 Å². The molecule has 92 valence electrons. The normalized spacial score (nSPS) is 16.2. The fourth-order valence-electron chi connectivity index (χ4n) is 2.31. The van der Waals surface area contributed by atoms with E-state index >= 15 is 0 Å². The van der Waals surface area contributed by atoms with Gasteiger partial charge < -0.3 is 10.2 Å². The van der Waals surface area contributed by atoms with Gasteiger partial charge in [-0.2, -0.15) is 0 Å². The zero-order valence-electron chi connectivity index (χ0n) is 10.1. The highest BCUT2D eigenvalue weighted by molar-refractivity contribution is 5.83. The topological polar surface area (TPSA) is 45.2 Å². The molecule has 4 heteroatoms. The molecule has 0 unspecified atom stereocenters. The van der Waals surface area contributed by atoms with E-state index in [2.05, 4.69) is 10.3 Å². The van der Waals surface area contributed by atoms with Crippen LogP contribution in [0.2, 0.25) is 0 Å². The lowest BCUT2D eigenvalue weighted by Gasteiger charge is -2.27. The second kappa shape index (κ2) is 4.74. The van der Waals surface area contributed by atoms with Crippen molar-refractivity contribution >= 4 is 16.8 Å². The lowest BCUT2D eigenvalue weighted by atomic mass is 10.1. The van der Waals surface area contributed by atoms with Crippen molar-refractivity contribution in [3.63, 3.8) is 0 Å². The summed E-state index contributed by atoms with van der Waals surface area (Å²) in [5, 5.41) is 4.20. The first kappa shape index (κ1) is 11.2. The predicted molar refractivity (Wildman–Crippen MR) is 70.0 cm³/mol. The van der Waals surface area contributed by atoms with Crippen LogP contribution in [0, 0.1) is 0 Å². The minimum absolute atomic E-state index is 0.161. The Labute approximate surface area is 106 Å². The number of nitrogens with zero attached hydrogens (tertiary/aromatic N) is 2. The van der Waals surface area contributed by atoms with Gasteiger partial charge in [-0.05, 0) is 11.6 Å². The van der Waals surface area contributed by atoms with Crippen molar-refractivity contribution in [1.82, 2.24) is 15.2 Å². The van der Waals surface area contributed by atoms with Crippen LogP contribution >= 0.6 is 0 Å². The van der Waals surface area contributed by atoms with Crippen LogP contribution in [-0.2, 0) is 11.3 Å². The SMILES string of the molecule is O=C1CNCCN1Cc1cccc2cccnc12. The van der Waals surface area contributed by atoms with Crippen molar-refractivity contribution in [3.05, 3.63) is 42.1 Å². The highest BCUT2D eigenvalue weighted by Crippen LogP contribution is 2.17. The zero-order valence-corrected chi connectivity index (χ0v) is 10.1. The average molecular weight is 241 g/mol. The van der Waals surface area contributed by atoms with Gasteiger partial charge in [0.15, 0.2) is 0 Å². The van der Waals surface area contributed by atoms with Gasteiger partial charge in [-0.25, -0.2) is 0 Å².